The lowest BCUT2D eigenvalue weighted by molar-refractivity contribution is -0.126. The molecular formula is C25H37N3O4. The smallest absolute Gasteiger partial charge is 0.234 e. The number of fused-ring (bicyclic) bond motifs is 1. The lowest BCUT2D eigenvalue weighted by Crippen LogP contribution is -2.50. The number of nitrogens with zero attached hydrogens (tertiary/aromatic N) is 1. The molecule has 1 saturated carbocycles. The first kappa shape index (κ1) is 22.9. The van der Waals surface area contributed by atoms with Gasteiger partial charge >= 0.3 is 0 Å². The van der Waals surface area contributed by atoms with Crippen molar-refractivity contribution in [3.63, 3.8) is 0 Å². The molecule has 0 spiro atoms. The molecule has 2 fully saturated rings. The molecule has 1 unspecified atom stereocenters. The number of benzene rings is 1. The molecule has 2 heterocycles. The highest BCUT2D eigenvalue weighted by molar-refractivity contribution is 5.79. The van der Waals surface area contributed by atoms with Crippen LogP contribution in [0.15, 0.2) is 18.2 Å². The van der Waals surface area contributed by atoms with E-state index < -0.39 is 0 Å². The van der Waals surface area contributed by atoms with Crippen molar-refractivity contribution in [2.24, 2.45) is 11.8 Å². The largest absolute Gasteiger partial charge is 0.486 e. The van der Waals surface area contributed by atoms with E-state index in [-0.39, 0.29) is 23.3 Å². The summed E-state index contributed by atoms with van der Waals surface area (Å²) in [5.74, 6) is 2.14. The van der Waals surface area contributed by atoms with Crippen molar-refractivity contribution in [2.75, 3.05) is 39.4 Å². The van der Waals surface area contributed by atoms with Crippen molar-refractivity contribution in [3.8, 4) is 11.5 Å². The van der Waals surface area contributed by atoms with Crippen LogP contribution in [0.25, 0.3) is 0 Å². The minimum atomic E-state index is -0.326. The zero-order valence-corrected chi connectivity index (χ0v) is 19.5. The number of rotatable bonds is 7. The van der Waals surface area contributed by atoms with Crippen molar-refractivity contribution in [2.45, 2.75) is 57.9 Å². The molecule has 1 atom stereocenters. The molecule has 1 aliphatic carbocycles. The van der Waals surface area contributed by atoms with Gasteiger partial charge in [-0.1, -0.05) is 32.8 Å². The van der Waals surface area contributed by atoms with Crippen LogP contribution >= 0.6 is 0 Å². The van der Waals surface area contributed by atoms with Gasteiger partial charge < -0.3 is 20.1 Å². The summed E-state index contributed by atoms with van der Waals surface area (Å²) in [4.78, 5) is 27.2. The summed E-state index contributed by atoms with van der Waals surface area (Å²) in [7, 11) is 0. The number of amides is 2. The number of carbonyl (C=O) groups excluding carboxylic acids is 2. The van der Waals surface area contributed by atoms with Gasteiger partial charge in [-0.3, -0.25) is 14.5 Å². The van der Waals surface area contributed by atoms with Gasteiger partial charge in [-0.25, -0.2) is 0 Å². The van der Waals surface area contributed by atoms with Crippen LogP contribution < -0.4 is 20.1 Å². The van der Waals surface area contributed by atoms with Gasteiger partial charge in [0.25, 0.3) is 0 Å². The summed E-state index contributed by atoms with van der Waals surface area (Å²) >= 11 is 0. The molecular weight excluding hydrogens is 406 g/mol. The Bertz CT molecular complexity index is 819. The number of nitrogens with one attached hydrogen (secondary N) is 2. The van der Waals surface area contributed by atoms with Crippen LogP contribution in [-0.4, -0.2) is 56.1 Å². The van der Waals surface area contributed by atoms with E-state index >= 15 is 0 Å². The van der Waals surface area contributed by atoms with Crippen LogP contribution in [0.2, 0.25) is 0 Å². The van der Waals surface area contributed by atoms with E-state index in [1.807, 2.05) is 19.9 Å². The van der Waals surface area contributed by atoms with E-state index in [4.69, 9.17) is 9.47 Å². The third-order valence-corrected chi connectivity index (χ3v) is 6.99. The average molecular weight is 444 g/mol. The topological polar surface area (TPSA) is 79.9 Å². The number of hydrogen-bond acceptors (Lipinski definition) is 5. The minimum Gasteiger partial charge on any atom is -0.486 e. The van der Waals surface area contributed by atoms with E-state index in [0.717, 1.165) is 68.7 Å². The predicted octanol–water partition coefficient (Wildman–Crippen LogP) is 2.83. The van der Waals surface area contributed by atoms with Crippen molar-refractivity contribution in [1.82, 2.24) is 15.5 Å². The Hall–Kier alpha value is -2.28. The normalized spacial score (nSPS) is 22.5. The summed E-state index contributed by atoms with van der Waals surface area (Å²) in [5.41, 5.74) is 0.786. The molecule has 3 aliphatic rings. The van der Waals surface area contributed by atoms with E-state index in [1.165, 1.54) is 0 Å². The molecule has 2 amide bonds. The maximum Gasteiger partial charge on any atom is 0.234 e. The first-order valence-electron chi connectivity index (χ1n) is 12.2. The highest BCUT2D eigenvalue weighted by Crippen LogP contribution is 2.42. The first-order valence-corrected chi connectivity index (χ1v) is 12.2. The van der Waals surface area contributed by atoms with E-state index in [0.29, 0.717) is 32.2 Å². The van der Waals surface area contributed by atoms with Gasteiger partial charge in [-0.2, -0.15) is 0 Å². The molecule has 1 aromatic carbocycles. The molecule has 7 nitrogen and oxygen atoms in total. The summed E-state index contributed by atoms with van der Waals surface area (Å²) in [6, 6.07) is 6.10. The molecule has 32 heavy (non-hydrogen) atoms. The number of carbonyl (C=O) groups is 2. The molecule has 2 aliphatic heterocycles. The zero-order chi connectivity index (χ0) is 22.6. The Labute approximate surface area is 191 Å². The lowest BCUT2D eigenvalue weighted by atomic mass is 9.87. The van der Waals surface area contributed by atoms with Crippen molar-refractivity contribution >= 4 is 11.8 Å². The van der Waals surface area contributed by atoms with Crippen LogP contribution in [0.1, 0.15) is 57.9 Å². The van der Waals surface area contributed by atoms with Gasteiger partial charge in [0.1, 0.15) is 13.2 Å². The maximum absolute atomic E-state index is 13.1. The number of piperidine rings is 1. The number of likely N-dealkylation sites (tertiary alicyclic amines) is 1. The molecule has 0 bridgehead atoms. The molecule has 0 aromatic heterocycles. The van der Waals surface area contributed by atoms with Gasteiger partial charge in [-0.15, -0.1) is 0 Å². The summed E-state index contributed by atoms with van der Waals surface area (Å²) in [6.45, 7) is 7.83. The maximum atomic E-state index is 13.1. The lowest BCUT2D eigenvalue weighted by Gasteiger charge is -2.35. The van der Waals surface area contributed by atoms with Crippen LogP contribution in [0, 0.1) is 11.8 Å². The number of ether oxygens (including phenoxy) is 2. The summed E-state index contributed by atoms with van der Waals surface area (Å²) in [6.07, 6.45) is 6.26. The first-order chi connectivity index (χ1) is 15.4. The molecule has 0 radical (unpaired) electrons. The van der Waals surface area contributed by atoms with E-state index in [2.05, 4.69) is 27.7 Å². The van der Waals surface area contributed by atoms with Crippen LogP contribution in [0.4, 0.5) is 0 Å². The molecule has 1 saturated heterocycles. The second kappa shape index (κ2) is 10.1. The fourth-order valence-corrected chi connectivity index (χ4v) is 5.23. The van der Waals surface area contributed by atoms with Gasteiger partial charge in [-0.05, 0) is 55.8 Å². The molecule has 7 heteroatoms. The third kappa shape index (κ3) is 5.37. The quantitative estimate of drug-likeness (QED) is 0.677. The average Bonchev–Trinajstić information content (AvgIpc) is 3.26. The Morgan fingerprint density at radius 1 is 1.12 bits per heavy atom. The van der Waals surface area contributed by atoms with Gasteiger partial charge in [0.05, 0.1) is 12.1 Å². The molecule has 2 N–H and O–H groups in total. The van der Waals surface area contributed by atoms with Gasteiger partial charge in [0, 0.05) is 19.0 Å². The fourth-order valence-electron chi connectivity index (χ4n) is 5.23. The summed E-state index contributed by atoms with van der Waals surface area (Å²) in [5, 5.41) is 6.44. The third-order valence-electron chi connectivity index (χ3n) is 6.99. The molecule has 1 aromatic rings. The summed E-state index contributed by atoms with van der Waals surface area (Å²) < 4.78 is 11.5. The fraction of sp³-hybridized carbons (Fsp3) is 0.680. The van der Waals surface area contributed by atoms with Crippen LogP contribution in [0.3, 0.4) is 0 Å². The zero-order valence-electron chi connectivity index (χ0n) is 19.5. The monoisotopic (exact) mass is 443 g/mol. The highest BCUT2D eigenvalue weighted by Gasteiger charge is 2.38. The Morgan fingerprint density at radius 3 is 2.62 bits per heavy atom. The molecule has 176 valence electrons. The second-order valence-electron chi connectivity index (χ2n) is 9.84. The number of hydrogen-bond donors (Lipinski definition) is 2. The van der Waals surface area contributed by atoms with Crippen molar-refractivity contribution < 1.29 is 19.1 Å². The predicted molar refractivity (Wildman–Crippen MR) is 123 cm³/mol. The highest BCUT2D eigenvalue weighted by atomic mass is 16.6. The van der Waals surface area contributed by atoms with Crippen molar-refractivity contribution in [3.05, 3.63) is 23.8 Å². The Morgan fingerprint density at radius 2 is 1.88 bits per heavy atom. The van der Waals surface area contributed by atoms with Gasteiger partial charge in [0.2, 0.25) is 11.8 Å². The minimum absolute atomic E-state index is 0.00336. The van der Waals surface area contributed by atoms with Crippen molar-refractivity contribution in [1.29, 1.82) is 0 Å². The second-order valence-corrected chi connectivity index (χ2v) is 9.84. The van der Waals surface area contributed by atoms with Gasteiger partial charge in [0.15, 0.2) is 11.5 Å². The van der Waals surface area contributed by atoms with E-state index in [1.54, 1.807) is 0 Å². The molecule has 4 rings (SSSR count). The van der Waals surface area contributed by atoms with E-state index in [9.17, 15) is 9.59 Å². The Balaban J connectivity index is 1.36. The standard InChI is InChI=1S/C25H37N3O4/c1-18(2)24(30)26-15-19-6-5-11-28(16-19)17-23(29)27-25(9-3-4-10-25)20-7-8-21-22(14-20)32-13-12-31-21/h7-8,14,18-19H,3-6,9-13,15-17H2,1-2H3,(H,26,30)(H,27,29). The Kier molecular flexibility index (Phi) is 7.23. The van der Waals surface area contributed by atoms with Crippen LogP contribution in [0.5, 0.6) is 11.5 Å². The SMILES string of the molecule is CC(C)C(=O)NCC1CCCN(CC(=O)NC2(c3ccc4c(c3)OCCO4)CCCC2)C1. The van der Waals surface area contributed by atoms with Crippen LogP contribution in [-0.2, 0) is 15.1 Å².